The average molecular weight is 277 g/mol. The fraction of sp³-hybridized carbons (Fsp3) is 0.500. The number of oxazole rings is 1. The Hall–Kier alpha value is -2.11. The van der Waals surface area contributed by atoms with Gasteiger partial charge in [0.1, 0.15) is 5.69 Å². The number of aromatic nitrogens is 3. The van der Waals surface area contributed by atoms with Crippen LogP contribution in [0.5, 0.6) is 0 Å². The number of carbonyl (C=O) groups is 1. The zero-order chi connectivity index (χ0) is 14.7. The third-order valence-corrected chi connectivity index (χ3v) is 3.07. The zero-order valence-corrected chi connectivity index (χ0v) is 12.3. The Morgan fingerprint density at radius 1 is 1.45 bits per heavy atom. The molecule has 0 bridgehead atoms. The Balaban J connectivity index is 2.46. The molecule has 6 nitrogen and oxygen atoms in total. The van der Waals surface area contributed by atoms with E-state index in [1.54, 1.807) is 4.68 Å². The molecular formula is C14H19N3O3. The third kappa shape index (κ3) is 2.59. The van der Waals surface area contributed by atoms with Crippen molar-refractivity contribution in [2.75, 3.05) is 7.11 Å². The molecule has 2 rings (SSSR count). The molecule has 0 aromatic carbocycles. The van der Waals surface area contributed by atoms with Crippen LogP contribution in [0.1, 0.15) is 42.2 Å². The molecule has 0 fully saturated rings. The second-order valence-corrected chi connectivity index (χ2v) is 4.53. The van der Waals surface area contributed by atoms with Gasteiger partial charge in [-0.3, -0.25) is 4.68 Å². The van der Waals surface area contributed by atoms with Crippen LogP contribution in [0, 0.1) is 0 Å². The number of nitrogens with zero attached hydrogens (tertiary/aromatic N) is 3. The molecule has 20 heavy (non-hydrogen) atoms. The maximum Gasteiger partial charge on any atom is 0.376 e. The zero-order valence-electron chi connectivity index (χ0n) is 12.3. The van der Waals surface area contributed by atoms with E-state index in [0.717, 1.165) is 24.2 Å². The molecule has 0 saturated carbocycles. The lowest BCUT2D eigenvalue weighted by atomic mass is 10.2. The van der Waals surface area contributed by atoms with Crippen LogP contribution in [-0.2, 0) is 24.6 Å². The van der Waals surface area contributed by atoms with Crippen molar-refractivity contribution in [2.45, 2.75) is 33.1 Å². The van der Waals surface area contributed by atoms with Gasteiger partial charge in [0.2, 0.25) is 11.7 Å². The summed E-state index contributed by atoms with van der Waals surface area (Å²) in [6.07, 6.45) is 2.38. The Bertz CT molecular complexity index is 613. The van der Waals surface area contributed by atoms with Crippen molar-refractivity contribution in [1.29, 1.82) is 0 Å². The fourth-order valence-electron chi connectivity index (χ4n) is 2.02. The Morgan fingerprint density at radius 2 is 2.20 bits per heavy atom. The van der Waals surface area contributed by atoms with Crippen molar-refractivity contribution in [2.24, 2.45) is 7.05 Å². The molecule has 2 heterocycles. The van der Waals surface area contributed by atoms with Gasteiger partial charge in [-0.2, -0.15) is 5.10 Å². The van der Waals surface area contributed by atoms with Crippen molar-refractivity contribution in [3.63, 3.8) is 0 Å². The maximum atomic E-state index is 11.7. The number of carbonyl (C=O) groups excluding carboxylic acids is 1. The van der Waals surface area contributed by atoms with Crippen LogP contribution in [0.2, 0.25) is 0 Å². The van der Waals surface area contributed by atoms with Gasteiger partial charge in [-0.1, -0.05) is 20.3 Å². The number of rotatable bonds is 5. The van der Waals surface area contributed by atoms with E-state index in [1.807, 2.05) is 27.0 Å². The minimum atomic E-state index is -0.495. The Kier molecular flexibility index (Phi) is 4.22. The van der Waals surface area contributed by atoms with Gasteiger partial charge < -0.3 is 9.15 Å². The van der Waals surface area contributed by atoms with E-state index in [0.29, 0.717) is 18.0 Å². The van der Waals surface area contributed by atoms with Gasteiger partial charge in [-0.05, 0) is 18.9 Å². The first-order chi connectivity index (χ1) is 9.60. The lowest BCUT2D eigenvalue weighted by molar-refractivity contribution is 0.0564. The summed E-state index contributed by atoms with van der Waals surface area (Å²) >= 11 is 0. The van der Waals surface area contributed by atoms with Crippen molar-refractivity contribution < 1.29 is 13.9 Å². The molecule has 0 spiro atoms. The first-order valence-corrected chi connectivity index (χ1v) is 6.72. The van der Waals surface area contributed by atoms with E-state index >= 15 is 0 Å². The Labute approximate surface area is 117 Å². The lowest BCUT2D eigenvalue weighted by Crippen LogP contribution is -2.03. The standard InChI is InChI=1S/C14H19N3O3/c1-5-7-10-12(14(18)19-4)20-13(15-10)11-8-9(6-2)16-17(11)3/h8H,5-7H2,1-4H3. The van der Waals surface area contributed by atoms with Crippen LogP contribution in [0.25, 0.3) is 11.6 Å². The molecule has 0 aliphatic heterocycles. The van der Waals surface area contributed by atoms with Gasteiger partial charge in [0.25, 0.3) is 0 Å². The minimum absolute atomic E-state index is 0.184. The van der Waals surface area contributed by atoms with Crippen molar-refractivity contribution in [3.05, 3.63) is 23.2 Å². The van der Waals surface area contributed by atoms with Crippen molar-refractivity contribution in [3.8, 4) is 11.6 Å². The molecule has 108 valence electrons. The van der Waals surface area contributed by atoms with Crippen LogP contribution in [0.15, 0.2) is 10.5 Å². The van der Waals surface area contributed by atoms with Crippen LogP contribution < -0.4 is 0 Å². The molecule has 0 amide bonds. The second-order valence-electron chi connectivity index (χ2n) is 4.53. The van der Waals surface area contributed by atoms with Gasteiger partial charge in [0, 0.05) is 7.05 Å². The summed E-state index contributed by atoms with van der Waals surface area (Å²) in [7, 11) is 3.16. The molecular weight excluding hydrogens is 258 g/mol. The van der Waals surface area contributed by atoms with Crippen LogP contribution in [0.3, 0.4) is 0 Å². The highest BCUT2D eigenvalue weighted by Crippen LogP contribution is 2.24. The largest absolute Gasteiger partial charge is 0.463 e. The van der Waals surface area contributed by atoms with E-state index in [2.05, 4.69) is 10.1 Å². The molecule has 2 aromatic heterocycles. The van der Waals surface area contributed by atoms with Gasteiger partial charge in [0.05, 0.1) is 18.5 Å². The predicted octanol–water partition coefficient (Wildman–Crippen LogP) is 2.38. The first kappa shape index (κ1) is 14.3. The summed E-state index contributed by atoms with van der Waals surface area (Å²) in [6, 6.07) is 1.92. The minimum Gasteiger partial charge on any atom is -0.463 e. The second kappa shape index (κ2) is 5.90. The van der Waals surface area contributed by atoms with Gasteiger partial charge in [0.15, 0.2) is 0 Å². The number of methoxy groups -OCH3 is 1. The van der Waals surface area contributed by atoms with E-state index in [9.17, 15) is 4.79 Å². The topological polar surface area (TPSA) is 70.2 Å². The molecule has 6 heteroatoms. The van der Waals surface area contributed by atoms with E-state index in [4.69, 9.17) is 9.15 Å². The SMILES string of the molecule is CCCc1nc(-c2cc(CC)nn2C)oc1C(=O)OC. The first-order valence-electron chi connectivity index (χ1n) is 6.72. The summed E-state index contributed by atoms with van der Waals surface area (Å²) in [6.45, 7) is 4.05. The summed E-state index contributed by atoms with van der Waals surface area (Å²) in [5, 5.41) is 4.36. The lowest BCUT2D eigenvalue weighted by Gasteiger charge is -1.96. The molecule has 0 unspecified atom stereocenters. The molecule has 0 radical (unpaired) electrons. The Morgan fingerprint density at radius 3 is 2.75 bits per heavy atom. The highest BCUT2D eigenvalue weighted by atomic mass is 16.5. The quantitative estimate of drug-likeness (QED) is 0.785. The van der Waals surface area contributed by atoms with Crippen LogP contribution >= 0.6 is 0 Å². The van der Waals surface area contributed by atoms with Crippen molar-refractivity contribution >= 4 is 5.97 Å². The van der Waals surface area contributed by atoms with E-state index in [1.165, 1.54) is 7.11 Å². The number of aryl methyl sites for hydroxylation is 3. The number of esters is 1. The molecule has 0 N–H and O–H groups in total. The maximum absolute atomic E-state index is 11.7. The normalized spacial score (nSPS) is 10.8. The summed E-state index contributed by atoms with van der Waals surface area (Å²) < 4.78 is 12.0. The summed E-state index contributed by atoms with van der Waals surface area (Å²) in [5.74, 6) is 0.0947. The number of hydrogen-bond acceptors (Lipinski definition) is 5. The van der Waals surface area contributed by atoms with E-state index < -0.39 is 5.97 Å². The van der Waals surface area contributed by atoms with Crippen LogP contribution in [-0.4, -0.2) is 27.8 Å². The highest BCUT2D eigenvalue weighted by Gasteiger charge is 2.22. The van der Waals surface area contributed by atoms with Gasteiger partial charge in [-0.25, -0.2) is 9.78 Å². The molecule has 0 atom stereocenters. The monoisotopic (exact) mass is 277 g/mol. The summed E-state index contributed by atoms with van der Waals surface area (Å²) in [5.41, 5.74) is 2.35. The number of ether oxygens (including phenoxy) is 1. The molecule has 0 aliphatic carbocycles. The smallest absolute Gasteiger partial charge is 0.376 e. The predicted molar refractivity (Wildman–Crippen MR) is 73.4 cm³/mol. The fourth-order valence-corrected chi connectivity index (χ4v) is 2.02. The molecule has 0 saturated heterocycles. The number of hydrogen-bond donors (Lipinski definition) is 0. The van der Waals surface area contributed by atoms with E-state index in [-0.39, 0.29) is 5.76 Å². The highest BCUT2D eigenvalue weighted by molar-refractivity contribution is 5.87. The molecule has 0 aliphatic rings. The van der Waals surface area contributed by atoms with Crippen molar-refractivity contribution in [1.82, 2.24) is 14.8 Å². The third-order valence-electron chi connectivity index (χ3n) is 3.07. The molecule has 2 aromatic rings. The average Bonchev–Trinajstić information content (AvgIpc) is 3.02. The van der Waals surface area contributed by atoms with Crippen LogP contribution in [0.4, 0.5) is 0 Å². The summed E-state index contributed by atoms with van der Waals surface area (Å²) in [4.78, 5) is 16.1. The van der Waals surface area contributed by atoms with Gasteiger partial charge >= 0.3 is 5.97 Å². The van der Waals surface area contributed by atoms with Gasteiger partial charge in [-0.15, -0.1) is 0 Å².